The number of alkyl halides is 1. The van der Waals surface area contributed by atoms with Crippen LogP contribution < -0.4 is 0 Å². The van der Waals surface area contributed by atoms with Crippen LogP contribution in [-0.4, -0.2) is 5.38 Å². The van der Waals surface area contributed by atoms with Gasteiger partial charge in [0.25, 0.3) is 0 Å². The summed E-state index contributed by atoms with van der Waals surface area (Å²) >= 11 is 6.39. The van der Waals surface area contributed by atoms with Crippen molar-refractivity contribution in [1.82, 2.24) is 0 Å². The van der Waals surface area contributed by atoms with E-state index in [4.69, 9.17) is 11.6 Å². The molecule has 0 saturated heterocycles. The second kappa shape index (κ2) is 2.16. The Balaban J connectivity index is 1.79. The Kier molecular flexibility index (Phi) is 1.22. The van der Waals surface area contributed by atoms with Gasteiger partial charge in [0.1, 0.15) is 0 Å². The minimum absolute atomic E-state index is 0.527. The van der Waals surface area contributed by atoms with Crippen molar-refractivity contribution < 1.29 is 0 Å². The molecule has 4 bridgehead atoms. The molecule has 0 amide bonds. The molecule has 0 aliphatic heterocycles. The number of hydrogen-bond acceptors (Lipinski definition) is 0. The van der Waals surface area contributed by atoms with Gasteiger partial charge < -0.3 is 0 Å². The van der Waals surface area contributed by atoms with Crippen LogP contribution in [0.4, 0.5) is 0 Å². The third kappa shape index (κ3) is 0.719. The van der Waals surface area contributed by atoms with Gasteiger partial charge in [0.05, 0.1) is 0 Å². The van der Waals surface area contributed by atoms with E-state index in [0.29, 0.717) is 5.38 Å². The van der Waals surface area contributed by atoms with Crippen molar-refractivity contribution in [3.63, 3.8) is 0 Å². The van der Waals surface area contributed by atoms with Crippen LogP contribution in [0.25, 0.3) is 0 Å². The molecular weight excluding hydrogens is 180 g/mol. The van der Waals surface area contributed by atoms with Crippen LogP contribution in [0, 0.1) is 35.5 Å². The number of halogens is 1. The fourth-order valence-electron chi connectivity index (χ4n) is 4.94. The van der Waals surface area contributed by atoms with Gasteiger partial charge in [0, 0.05) is 5.38 Å². The molecule has 1 heteroatoms. The smallest absolute Gasteiger partial charge is 0.0370 e. The van der Waals surface area contributed by atoms with Gasteiger partial charge in [-0.05, 0) is 54.8 Å². The van der Waals surface area contributed by atoms with E-state index in [1.165, 1.54) is 19.3 Å². The fourth-order valence-corrected chi connectivity index (χ4v) is 5.44. The van der Waals surface area contributed by atoms with Gasteiger partial charge >= 0.3 is 0 Å². The lowest BCUT2D eigenvalue weighted by atomic mass is 9.73. The topological polar surface area (TPSA) is 0 Å². The van der Waals surface area contributed by atoms with Crippen LogP contribution in [0.5, 0.6) is 0 Å². The summed E-state index contributed by atoms with van der Waals surface area (Å²) in [6.45, 7) is 0. The van der Waals surface area contributed by atoms with Crippen LogP contribution in [0.1, 0.15) is 19.3 Å². The first-order valence-electron chi connectivity index (χ1n) is 5.67. The predicted molar refractivity (Wildman–Crippen MR) is 53.6 cm³/mol. The highest BCUT2D eigenvalue weighted by Gasteiger charge is 2.60. The lowest BCUT2D eigenvalue weighted by Crippen LogP contribution is -2.31. The number of rotatable bonds is 0. The molecule has 3 fully saturated rings. The third-order valence-corrected chi connectivity index (χ3v) is 5.69. The third-order valence-electron chi connectivity index (χ3n) is 5.19. The zero-order valence-corrected chi connectivity index (χ0v) is 8.45. The first kappa shape index (κ1) is 7.34. The van der Waals surface area contributed by atoms with Gasteiger partial charge in [-0.15, -0.1) is 11.6 Å². The number of hydrogen-bond donors (Lipinski definition) is 0. The van der Waals surface area contributed by atoms with Crippen molar-refractivity contribution in [3.05, 3.63) is 12.2 Å². The van der Waals surface area contributed by atoms with Gasteiger partial charge in [-0.25, -0.2) is 0 Å². The van der Waals surface area contributed by atoms with Gasteiger partial charge in [-0.3, -0.25) is 0 Å². The van der Waals surface area contributed by atoms with E-state index in [0.717, 1.165) is 35.5 Å². The predicted octanol–water partition coefficient (Wildman–Crippen LogP) is 3.07. The van der Waals surface area contributed by atoms with Crippen LogP contribution in [-0.2, 0) is 0 Å². The highest BCUT2D eigenvalue weighted by Crippen LogP contribution is 2.66. The second-order valence-electron chi connectivity index (χ2n) is 5.51. The van der Waals surface area contributed by atoms with Gasteiger partial charge in [0.2, 0.25) is 0 Å². The Labute approximate surface area is 84.3 Å². The van der Waals surface area contributed by atoms with Crippen molar-refractivity contribution in [2.45, 2.75) is 24.6 Å². The Bertz CT molecular complexity index is 283. The Hall–Kier alpha value is 0.0300. The average Bonchev–Trinajstić information content (AvgIpc) is 2.78. The summed E-state index contributed by atoms with van der Waals surface area (Å²) in [5.41, 5.74) is 0. The van der Waals surface area contributed by atoms with Gasteiger partial charge in [0.15, 0.2) is 0 Å². The summed E-state index contributed by atoms with van der Waals surface area (Å²) in [5.74, 6) is 5.81. The normalized spacial score (nSPS) is 66.4. The molecule has 7 atom stereocenters. The SMILES string of the molecule is Cl[C@H]1C[C@H]2C[C@@H]1[C@H]1[C@@H]2[C@@H]2C=C[C@H]1C2. The van der Waals surface area contributed by atoms with Crippen LogP contribution >= 0.6 is 11.6 Å². The molecule has 0 spiro atoms. The minimum atomic E-state index is 0.527. The Morgan fingerprint density at radius 2 is 1.69 bits per heavy atom. The van der Waals surface area contributed by atoms with Crippen molar-refractivity contribution in [2.24, 2.45) is 35.5 Å². The molecule has 0 unspecified atom stereocenters. The summed E-state index contributed by atoms with van der Waals surface area (Å²) in [5, 5.41) is 0.527. The van der Waals surface area contributed by atoms with E-state index < -0.39 is 0 Å². The largest absolute Gasteiger partial charge is 0.123 e. The molecule has 13 heavy (non-hydrogen) atoms. The maximum Gasteiger partial charge on any atom is 0.0370 e. The molecule has 70 valence electrons. The average molecular weight is 195 g/mol. The molecule has 4 aliphatic carbocycles. The molecule has 0 radical (unpaired) electrons. The highest BCUT2D eigenvalue weighted by molar-refractivity contribution is 6.21. The maximum absolute atomic E-state index is 6.39. The molecule has 0 aromatic heterocycles. The van der Waals surface area contributed by atoms with Crippen LogP contribution in [0.3, 0.4) is 0 Å². The molecule has 3 saturated carbocycles. The van der Waals surface area contributed by atoms with Crippen molar-refractivity contribution >= 4 is 11.6 Å². The number of allylic oxidation sites excluding steroid dienone is 2. The van der Waals surface area contributed by atoms with Gasteiger partial charge in [-0.1, -0.05) is 12.2 Å². The summed E-state index contributed by atoms with van der Waals surface area (Å²) in [4.78, 5) is 0. The maximum atomic E-state index is 6.39. The highest BCUT2D eigenvalue weighted by atomic mass is 35.5. The van der Waals surface area contributed by atoms with E-state index in [1.54, 1.807) is 0 Å². The summed E-state index contributed by atoms with van der Waals surface area (Å²) in [6.07, 6.45) is 9.22. The fraction of sp³-hybridized carbons (Fsp3) is 0.833. The molecule has 0 heterocycles. The van der Waals surface area contributed by atoms with Crippen LogP contribution in [0.2, 0.25) is 0 Å². The first-order valence-corrected chi connectivity index (χ1v) is 6.10. The lowest BCUT2D eigenvalue weighted by molar-refractivity contribution is 0.209. The molecule has 0 nitrogen and oxygen atoms in total. The lowest BCUT2D eigenvalue weighted by Gasteiger charge is -2.34. The zero-order valence-electron chi connectivity index (χ0n) is 7.70. The molecular formula is C12H15Cl. The molecule has 4 rings (SSSR count). The van der Waals surface area contributed by atoms with E-state index in [-0.39, 0.29) is 0 Å². The van der Waals surface area contributed by atoms with Gasteiger partial charge in [-0.2, -0.15) is 0 Å². The van der Waals surface area contributed by atoms with Crippen molar-refractivity contribution in [2.75, 3.05) is 0 Å². The standard InChI is InChI=1S/C12H15Cl/c13-10-5-8-4-9(10)12-7-2-1-6(3-7)11(8)12/h1-2,6-12H,3-5H2/t6-,7+,8-,9+,10+,11-,12+/m1/s1. The summed E-state index contributed by atoms with van der Waals surface area (Å²) in [6, 6.07) is 0. The second-order valence-corrected chi connectivity index (χ2v) is 6.07. The van der Waals surface area contributed by atoms with Crippen LogP contribution in [0.15, 0.2) is 12.2 Å². The summed E-state index contributed by atoms with van der Waals surface area (Å²) < 4.78 is 0. The summed E-state index contributed by atoms with van der Waals surface area (Å²) in [7, 11) is 0. The van der Waals surface area contributed by atoms with E-state index >= 15 is 0 Å². The molecule has 0 N–H and O–H groups in total. The molecule has 0 aromatic rings. The zero-order chi connectivity index (χ0) is 8.58. The Morgan fingerprint density at radius 1 is 0.923 bits per heavy atom. The minimum Gasteiger partial charge on any atom is -0.123 e. The monoisotopic (exact) mass is 194 g/mol. The Morgan fingerprint density at radius 3 is 2.54 bits per heavy atom. The van der Waals surface area contributed by atoms with E-state index in [2.05, 4.69) is 12.2 Å². The van der Waals surface area contributed by atoms with E-state index in [1.807, 2.05) is 0 Å². The first-order chi connectivity index (χ1) is 6.34. The molecule has 4 aliphatic rings. The van der Waals surface area contributed by atoms with E-state index in [9.17, 15) is 0 Å². The number of fused-ring (bicyclic) bond motifs is 9. The van der Waals surface area contributed by atoms with Crippen molar-refractivity contribution in [1.29, 1.82) is 0 Å². The van der Waals surface area contributed by atoms with Crippen molar-refractivity contribution in [3.8, 4) is 0 Å². The quantitative estimate of drug-likeness (QED) is 0.316. The molecule has 0 aromatic carbocycles.